The molecular formula is C19H24N4O2. The predicted octanol–water partition coefficient (Wildman–Crippen LogP) is 1.58. The van der Waals surface area contributed by atoms with Crippen LogP contribution in [-0.2, 0) is 13.0 Å². The van der Waals surface area contributed by atoms with E-state index >= 15 is 0 Å². The molecule has 1 aromatic carbocycles. The molecule has 25 heavy (non-hydrogen) atoms. The Morgan fingerprint density at radius 1 is 1.24 bits per heavy atom. The van der Waals surface area contributed by atoms with Gasteiger partial charge >= 0.3 is 0 Å². The summed E-state index contributed by atoms with van der Waals surface area (Å²) in [4.78, 5) is 25.7. The number of carbonyl (C=O) groups excluding carboxylic acids is 1. The van der Waals surface area contributed by atoms with Gasteiger partial charge in [0.15, 0.2) is 0 Å². The number of carbonyl (C=O) groups is 1. The first kappa shape index (κ1) is 17.4. The van der Waals surface area contributed by atoms with E-state index in [-0.39, 0.29) is 23.2 Å². The molecule has 1 aromatic heterocycles. The molecule has 0 aliphatic carbocycles. The van der Waals surface area contributed by atoms with Crippen LogP contribution in [0.15, 0.2) is 41.2 Å². The highest BCUT2D eigenvalue weighted by Crippen LogP contribution is 2.22. The molecule has 1 amide bonds. The van der Waals surface area contributed by atoms with E-state index in [0.717, 1.165) is 19.5 Å². The van der Waals surface area contributed by atoms with Crippen LogP contribution in [0.2, 0.25) is 0 Å². The third-order valence-corrected chi connectivity index (χ3v) is 4.78. The van der Waals surface area contributed by atoms with Gasteiger partial charge in [0.05, 0.1) is 0 Å². The molecule has 6 heteroatoms. The summed E-state index contributed by atoms with van der Waals surface area (Å²) in [6, 6.07) is 11.5. The third-order valence-electron chi connectivity index (χ3n) is 4.78. The van der Waals surface area contributed by atoms with E-state index in [1.165, 1.54) is 23.3 Å². The highest BCUT2D eigenvalue weighted by Gasteiger charge is 2.26. The van der Waals surface area contributed by atoms with Gasteiger partial charge in [0.25, 0.3) is 11.5 Å². The number of rotatable bonds is 5. The summed E-state index contributed by atoms with van der Waals surface area (Å²) in [5.74, 6) is 0.147. The Hall–Kier alpha value is -2.47. The van der Waals surface area contributed by atoms with Crippen molar-refractivity contribution >= 4 is 5.91 Å². The quantitative estimate of drug-likeness (QED) is 0.866. The van der Waals surface area contributed by atoms with Crippen molar-refractivity contribution in [1.82, 2.24) is 20.4 Å². The first-order chi connectivity index (χ1) is 12.0. The van der Waals surface area contributed by atoms with Gasteiger partial charge in [0, 0.05) is 31.7 Å². The lowest BCUT2D eigenvalue weighted by atomic mass is 9.95. The maximum atomic E-state index is 12.3. The average molecular weight is 340 g/mol. The Bertz CT molecular complexity index is 780. The lowest BCUT2D eigenvalue weighted by Gasteiger charge is -2.38. The van der Waals surface area contributed by atoms with Gasteiger partial charge in [-0.1, -0.05) is 38.1 Å². The molecule has 0 saturated carbocycles. The zero-order valence-electron chi connectivity index (χ0n) is 14.7. The number of amides is 1. The second-order valence-corrected chi connectivity index (χ2v) is 6.82. The van der Waals surface area contributed by atoms with Gasteiger partial charge in [-0.25, -0.2) is 5.10 Å². The Labute approximate surface area is 147 Å². The number of fused-ring (bicyclic) bond motifs is 1. The molecule has 3 rings (SSSR count). The average Bonchev–Trinajstić information content (AvgIpc) is 2.62. The molecule has 0 radical (unpaired) electrons. The minimum absolute atomic E-state index is 0.228. The van der Waals surface area contributed by atoms with E-state index in [4.69, 9.17) is 0 Å². The van der Waals surface area contributed by atoms with Crippen LogP contribution < -0.4 is 10.9 Å². The molecule has 1 aliphatic rings. The number of aromatic amines is 1. The van der Waals surface area contributed by atoms with E-state index in [1.54, 1.807) is 0 Å². The van der Waals surface area contributed by atoms with Gasteiger partial charge in [-0.15, -0.1) is 0 Å². The molecule has 0 saturated heterocycles. The zero-order valence-corrected chi connectivity index (χ0v) is 14.7. The summed E-state index contributed by atoms with van der Waals surface area (Å²) in [5.41, 5.74) is 2.70. The zero-order chi connectivity index (χ0) is 17.8. The minimum atomic E-state index is -0.316. The third kappa shape index (κ3) is 4.14. The summed E-state index contributed by atoms with van der Waals surface area (Å²) in [7, 11) is 0. The number of hydrogen-bond donors (Lipinski definition) is 2. The van der Waals surface area contributed by atoms with Crippen molar-refractivity contribution in [2.24, 2.45) is 5.92 Å². The summed E-state index contributed by atoms with van der Waals surface area (Å²) in [6.45, 7) is 6.81. The Kier molecular flexibility index (Phi) is 5.28. The van der Waals surface area contributed by atoms with Crippen molar-refractivity contribution in [2.75, 3.05) is 13.1 Å². The minimum Gasteiger partial charge on any atom is -0.349 e. The summed E-state index contributed by atoms with van der Waals surface area (Å²) in [5, 5.41) is 9.02. The highest BCUT2D eigenvalue weighted by molar-refractivity contribution is 5.91. The molecular weight excluding hydrogens is 316 g/mol. The fourth-order valence-corrected chi connectivity index (χ4v) is 3.35. The molecule has 2 N–H and O–H groups in total. The Morgan fingerprint density at radius 3 is 2.68 bits per heavy atom. The number of hydrogen-bond acceptors (Lipinski definition) is 4. The highest BCUT2D eigenvalue weighted by atomic mass is 16.2. The van der Waals surface area contributed by atoms with Crippen molar-refractivity contribution in [2.45, 2.75) is 32.9 Å². The van der Waals surface area contributed by atoms with Gasteiger partial charge in [0.2, 0.25) is 0 Å². The summed E-state index contributed by atoms with van der Waals surface area (Å²) in [6.07, 6.45) is 1.04. The lowest BCUT2D eigenvalue weighted by Crippen LogP contribution is -2.48. The van der Waals surface area contributed by atoms with Crippen molar-refractivity contribution in [1.29, 1.82) is 0 Å². The standard InChI is InChI=1S/C19H24N4O2/c1-13(2)17(11-20-19(25)16-7-8-18(24)22-21-16)23-10-9-14-5-3-4-6-15(14)12-23/h3-8,13,17H,9-12H2,1-2H3,(H,20,25)(H,22,24). The number of benzene rings is 1. The van der Waals surface area contributed by atoms with Gasteiger partial charge in [-0.2, -0.15) is 5.10 Å². The first-order valence-corrected chi connectivity index (χ1v) is 8.69. The fraction of sp³-hybridized carbons (Fsp3) is 0.421. The van der Waals surface area contributed by atoms with E-state index in [9.17, 15) is 9.59 Å². The molecule has 2 heterocycles. The van der Waals surface area contributed by atoms with Crippen LogP contribution >= 0.6 is 0 Å². The van der Waals surface area contributed by atoms with Crippen LogP contribution in [0.25, 0.3) is 0 Å². The maximum absolute atomic E-state index is 12.3. The van der Waals surface area contributed by atoms with E-state index < -0.39 is 0 Å². The van der Waals surface area contributed by atoms with Crippen molar-refractivity contribution < 1.29 is 4.79 Å². The van der Waals surface area contributed by atoms with Gasteiger partial charge < -0.3 is 5.32 Å². The van der Waals surface area contributed by atoms with E-state index in [0.29, 0.717) is 12.5 Å². The molecule has 0 fully saturated rings. The van der Waals surface area contributed by atoms with Crippen LogP contribution in [0.4, 0.5) is 0 Å². The SMILES string of the molecule is CC(C)C(CNC(=O)c1ccc(=O)[nH]n1)N1CCc2ccccc2C1. The van der Waals surface area contributed by atoms with Crippen LogP contribution in [0, 0.1) is 5.92 Å². The number of nitrogens with one attached hydrogen (secondary N) is 2. The fourth-order valence-electron chi connectivity index (χ4n) is 3.35. The molecule has 6 nitrogen and oxygen atoms in total. The van der Waals surface area contributed by atoms with Gasteiger partial charge in [-0.05, 0) is 29.5 Å². The van der Waals surface area contributed by atoms with Crippen LogP contribution in [0.3, 0.4) is 0 Å². The smallest absolute Gasteiger partial charge is 0.271 e. The van der Waals surface area contributed by atoms with Gasteiger partial charge in [0.1, 0.15) is 5.69 Å². The Balaban J connectivity index is 1.65. The molecule has 0 spiro atoms. The number of H-pyrrole nitrogens is 1. The molecule has 1 atom stereocenters. The topological polar surface area (TPSA) is 78.1 Å². The van der Waals surface area contributed by atoms with Crippen LogP contribution in [0.5, 0.6) is 0 Å². The van der Waals surface area contributed by atoms with Gasteiger partial charge in [-0.3, -0.25) is 14.5 Å². The summed E-state index contributed by atoms with van der Waals surface area (Å²) < 4.78 is 0. The van der Waals surface area contributed by atoms with Crippen molar-refractivity contribution in [3.8, 4) is 0 Å². The number of nitrogens with zero attached hydrogens (tertiary/aromatic N) is 2. The molecule has 132 valence electrons. The first-order valence-electron chi connectivity index (χ1n) is 8.69. The normalized spacial score (nSPS) is 15.6. The molecule has 2 aromatic rings. The predicted molar refractivity (Wildman–Crippen MR) is 96.4 cm³/mol. The van der Waals surface area contributed by atoms with E-state index in [2.05, 4.69) is 58.5 Å². The number of aromatic nitrogens is 2. The lowest BCUT2D eigenvalue weighted by molar-refractivity contribution is 0.0898. The van der Waals surface area contributed by atoms with E-state index in [1.807, 2.05) is 0 Å². The Morgan fingerprint density at radius 2 is 2.00 bits per heavy atom. The second kappa shape index (κ2) is 7.61. The molecule has 0 bridgehead atoms. The van der Waals surface area contributed by atoms with Crippen molar-refractivity contribution in [3.05, 3.63) is 63.6 Å². The maximum Gasteiger partial charge on any atom is 0.271 e. The second-order valence-electron chi connectivity index (χ2n) is 6.82. The largest absolute Gasteiger partial charge is 0.349 e. The molecule has 1 aliphatic heterocycles. The van der Waals surface area contributed by atoms with Crippen LogP contribution in [-0.4, -0.2) is 40.1 Å². The molecule has 1 unspecified atom stereocenters. The van der Waals surface area contributed by atoms with Crippen molar-refractivity contribution in [3.63, 3.8) is 0 Å². The van der Waals surface area contributed by atoms with Crippen LogP contribution in [0.1, 0.15) is 35.5 Å². The monoisotopic (exact) mass is 340 g/mol. The summed E-state index contributed by atoms with van der Waals surface area (Å²) >= 11 is 0.